The van der Waals surface area contributed by atoms with Crippen molar-refractivity contribution in [3.63, 3.8) is 0 Å². The zero-order valence-corrected chi connectivity index (χ0v) is 11.2. The van der Waals surface area contributed by atoms with Gasteiger partial charge < -0.3 is 19.5 Å². The van der Waals surface area contributed by atoms with Gasteiger partial charge in [0.25, 0.3) is 0 Å². The van der Waals surface area contributed by atoms with E-state index in [9.17, 15) is 0 Å². The Morgan fingerprint density at radius 2 is 2.17 bits per heavy atom. The lowest BCUT2D eigenvalue weighted by Crippen LogP contribution is -2.26. The van der Waals surface area contributed by atoms with Crippen LogP contribution in [0.25, 0.3) is 0 Å². The summed E-state index contributed by atoms with van der Waals surface area (Å²) in [5.74, 6) is 2.22. The first-order valence-electron chi connectivity index (χ1n) is 6.31. The fourth-order valence-electron chi connectivity index (χ4n) is 2.24. The van der Waals surface area contributed by atoms with E-state index in [1.165, 1.54) is 0 Å². The molecule has 1 heterocycles. The molecule has 1 aromatic carbocycles. The molecule has 1 fully saturated rings. The molecule has 0 radical (unpaired) electrons. The molecule has 2 atom stereocenters. The molecule has 4 nitrogen and oxygen atoms in total. The lowest BCUT2D eigenvalue weighted by molar-refractivity contribution is 0.183. The first-order chi connectivity index (χ1) is 8.74. The molecule has 2 unspecified atom stereocenters. The second-order valence-electron chi connectivity index (χ2n) is 4.62. The normalized spacial score (nSPS) is 20.5. The van der Waals surface area contributed by atoms with E-state index in [0.717, 1.165) is 36.8 Å². The van der Waals surface area contributed by atoms with E-state index < -0.39 is 0 Å². The second kappa shape index (κ2) is 5.96. The van der Waals surface area contributed by atoms with Crippen LogP contribution in [0.15, 0.2) is 18.2 Å². The van der Waals surface area contributed by atoms with E-state index in [4.69, 9.17) is 14.2 Å². The quantitative estimate of drug-likeness (QED) is 0.873. The Bertz CT molecular complexity index is 389. The molecule has 1 saturated heterocycles. The molecule has 0 amide bonds. The van der Waals surface area contributed by atoms with Crippen molar-refractivity contribution in [3.8, 4) is 11.5 Å². The molecular formula is C14H21NO3. The zero-order chi connectivity index (χ0) is 13.0. The smallest absolute Gasteiger partial charge is 0.142 e. The molecule has 0 aromatic heterocycles. The van der Waals surface area contributed by atoms with Crippen LogP contribution >= 0.6 is 0 Å². The summed E-state index contributed by atoms with van der Waals surface area (Å²) >= 11 is 0. The van der Waals surface area contributed by atoms with E-state index in [1.807, 2.05) is 18.2 Å². The third-order valence-corrected chi connectivity index (χ3v) is 3.46. The Hall–Kier alpha value is -1.42. The maximum absolute atomic E-state index is 5.42. The molecule has 100 valence electrons. The molecule has 0 saturated carbocycles. The summed E-state index contributed by atoms with van der Waals surface area (Å²) in [5.41, 5.74) is 0.969. The Morgan fingerprint density at radius 3 is 2.78 bits per heavy atom. The van der Waals surface area contributed by atoms with Crippen LogP contribution in [0.5, 0.6) is 11.5 Å². The first kappa shape index (κ1) is 13.0. The van der Waals surface area contributed by atoms with Gasteiger partial charge in [-0.2, -0.15) is 0 Å². The molecule has 1 aromatic rings. The molecule has 0 aliphatic carbocycles. The van der Waals surface area contributed by atoms with Crippen molar-refractivity contribution in [1.29, 1.82) is 0 Å². The standard InChI is InChI=1S/C14H21NO3/c1-10(11-6-7-18-9-11)15-13-8-12(16-2)4-5-14(13)17-3/h4-5,8,10-11,15H,6-7,9H2,1-3H3. The zero-order valence-electron chi connectivity index (χ0n) is 11.2. The van der Waals surface area contributed by atoms with Gasteiger partial charge in [0.1, 0.15) is 11.5 Å². The Balaban J connectivity index is 2.10. The Morgan fingerprint density at radius 1 is 1.33 bits per heavy atom. The van der Waals surface area contributed by atoms with Gasteiger partial charge in [-0.25, -0.2) is 0 Å². The van der Waals surface area contributed by atoms with Crippen LogP contribution in [0.2, 0.25) is 0 Å². The summed E-state index contributed by atoms with van der Waals surface area (Å²) in [6, 6.07) is 6.13. The average Bonchev–Trinajstić information content (AvgIpc) is 2.92. The van der Waals surface area contributed by atoms with Gasteiger partial charge in [0.05, 0.1) is 26.5 Å². The number of ether oxygens (including phenoxy) is 3. The maximum atomic E-state index is 5.42. The van der Waals surface area contributed by atoms with Gasteiger partial charge in [0.2, 0.25) is 0 Å². The fraction of sp³-hybridized carbons (Fsp3) is 0.571. The highest BCUT2D eigenvalue weighted by atomic mass is 16.5. The molecule has 1 aliphatic heterocycles. The first-order valence-corrected chi connectivity index (χ1v) is 6.31. The SMILES string of the molecule is COc1ccc(OC)c(NC(C)C2CCOC2)c1. The summed E-state index contributed by atoms with van der Waals surface area (Å²) in [5, 5.41) is 3.49. The van der Waals surface area contributed by atoms with Gasteiger partial charge >= 0.3 is 0 Å². The van der Waals surface area contributed by atoms with Crippen LogP contribution < -0.4 is 14.8 Å². The number of hydrogen-bond acceptors (Lipinski definition) is 4. The summed E-state index contributed by atoms with van der Waals surface area (Å²) in [7, 11) is 3.34. The van der Waals surface area contributed by atoms with Crippen LogP contribution in [0.4, 0.5) is 5.69 Å². The van der Waals surface area contributed by atoms with E-state index >= 15 is 0 Å². The summed E-state index contributed by atoms with van der Waals surface area (Å²) in [4.78, 5) is 0. The van der Waals surface area contributed by atoms with Crippen LogP contribution in [-0.4, -0.2) is 33.5 Å². The van der Waals surface area contributed by atoms with Gasteiger partial charge in [0, 0.05) is 24.6 Å². The number of anilines is 1. The highest BCUT2D eigenvalue weighted by Gasteiger charge is 2.23. The predicted octanol–water partition coefficient (Wildman–Crippen LogP) is 2.54. The second-order valence-corrected chi connectivity index (χ2v) is 4.62. The van der Waals surface area contributed by atoms with Crippen molar-refractivity contribution in [1.82, 2.24) is 0 Å². The van der Waals surface area contributed by atoms with Crippen LogP contribution in [0, 0.1) is 5.92 Å². The molecule has 0 spiro atoms. The van der Waals surface area contributed by atoms with Crippen molar-refractivity contribution < 1.29 is 14.2 Å². The third-order valence-electron chi connectivity index (χ3n) is 3.46. The van der Waals surface area contributed by atoms with Crippen molar-refractivity contribution in [3.05, 3.63) is 18.2 Å². The minimum atomic E-state index is 0.355. The monoisotopic (exact) mass is 251 g/mol. The maximum Gasteiger partial charge on any atom is 0.142 e. The largest absolute Gasteiger partial charge is 0.497 e. The van der Waals surface area contributed by atoms with Crippen molar-refractivity contribution in [2.24, 2.45) is 5.92 Å². The highest BCUT2D eigenvalue weighted by molar-refractivity contribution is 5.60. The van der Waals surface area contributed by atoms with E-state index in [-0.39, 0.29) is 0 Å². The Labute approximate surface area is 108 Å². The van der Waals surface area contributed by atoms with Gasteiger partial charge in [-0.15, -0.1) is 0 Å². The van der Waals surface area contributed by atoms with Gasteiger partial charge in [0.15, 0.2) is 0 Å². The predicted molar refractivity (Wildman–Crippen MR) is 71.6 cm³/mol. The number of benzene rings is 1. The minimum absolute atomic E-state index is 0.355. The van der Waals surface area contributed by atoms with Crippen molar-refractivity contribution in [2.75, 3.05) is 32.8 Å². The molecule has 2 rings (SSSR count). The number of hydrogen-bond donors (Lipinski definition) is 1. The van der Waals surface area contributed by atoms with Gasteiger partial charge in [-0.1, -0.05) is 0 Å². The van der Waals surface area contributed by atoms with Crippen molar-refractivity contribution >= 4 is 5.69 Å². The lowest BCUT2D eigenvalue weighted by Gasteiger charge is -2.22. The lowest BCUT2D eigenvalue weighted by atomic mass is 10.0. The number of methoxy groups -OCH3 is 2. The highest BCUT2D eigenvalue weighted by Crippen LogP contribution is 2.31. The number of nitrogens with one attached hydrogen (secondary N) is 1. The van der Waals surface area contributed by atoms with Crippen molar-refractivity contribution in [2.45, 2.75) is 19.4 Å². The van der Waals surface area contributed by atoms with Crippen LogP contribution in [-0.2, 0) is 4.74 Å². The molecular weight excluding hydrogens is 230 g/mol. The summed E-state index contributed by atoms with van der Waals surface area (Å²) in [6.45, 7) is 3.88. The molecule has 1 aliphatic rings. The van der Waals surface area contributed by atoms with Crippen LogP contribution in [0.3, 0.4) is 0 Å². The summed E-state index contributed by atoms with van der Waals surface area (Å²) in [6.07, 6.45) is 1.11. The van der Waals surface area contributed by atoms with E-state index in [1.54, 1.807) is 14.2 Å². The van der Waals surface area contributed by atoms with E-state index in [0.29, 0.717) is 12.0 Å². The fourth-order valence-corrected chi connectivity index (χ4v) is 2.24. The van der Waals surface area contributed by atoms with E-state index in [2.05, 4.69) is 12.2 Å². The topological polar surface area (TPSA) is 39.7 Å². The van der Waals surface area contributed by atoms with Crippen LogP contribution in [0.1, 0.15) is 13.3 Å². The third kappa shape index (κ3) is 2.88. The minimum Gasteiger partial charge on any atom is -0.497 e. The molecule has 4 heteroatoms. The molecule has 1 N–H and O–H groups in total. The Kier molecular flexibility index (Phi) is 4.31. The molecule has 18 heavy (non-hydrogen) atoms. The van der Waals surface area contributed by atoms with Gasteiger partial charge in [-0.05, 0) is 25.5 Å². The molecule has 0 bridgehead atoms. The summed E-state index contributed by atoms with van der Waals surface area (Å²) < 4.78 is 16.0. The average molecular weight is 251 g/mol. The van der Waals surface area contributed by atoms with Gasteiger partial charge in [-0.3, -0.25) is 0 Å². The number of rotatable bonds is 5.